The van der Waals surface area contributed by atoms with Crippen LogP contribution in [0.5, 0.6) is 34.5 Å². The fraction of sp³-hybridized carbons (Fsp3) is 0.622. The van der Waals surface area contributed by atoms with E-state index >= 15 is 0 Å². The molecular formula is C37H56N2O7. The van der Waals surface area contributed by atoms with Crippen molar-refractivity contribution in [1.82, 2.24) is 5.32 Å². The largest absolute Gasteiger partial charge is 0.493 e. The van der Waals surface area contributed by atoms with Gasteiger partial charge >= 0.3 is 0 Å². The molecule has 0 aliphatic rings. The molecule has 0 aromatic heterocycles. The summed E-state index contributed by atoms with van der Waals surface area (Å²) in [4.78, 5) is 11.8. The number of nitriles is 1. The highest BCUT2D eigenvalue weighted by atomic mass is 16.5. The standard InChI is InChI=1S/C37H56N2O7/c1-8-11-13-21-45-33-24-28(34(46-22-14-12-9-2)36(44-7)35(33)43-6)23-30(39-27-40)16-15-20-37(26-38,19-10-3)29-17-18-31(41-4)32(25-29)42-5/h17-18,24-25,27,30H,8-16,19-23H2,1-7H3,(H,39,40)/t30-,37-/m1/s1. The predicted octanol–water partition coefficient (Wildman–Crippen LogP) is 7.95. The SMILES string of the molecule is CCCCCOc1cc(C[C@@H](CCC[C@@](C#N)(CCC)c2ccc(OC)c(OC)c2)NC=O)c(OCCCCC)c(OC)c1OC. The molecule has 46 heavy (non-hydrogen) atoms. The molecule has 2 rings (SSSR count). The molecule has 0 aliphatic heterocycles. The maximum atomic E-state index is 11.8. The topological polar surface area (TPSA) is 108 Å². The molecule has 0 aliphatic carbocycles. The van der Waals surface area contributed by atoms with Crippen molar-refractivity contribution in [3.63, 3.8) is 0 Å². The van der Waals surface area contributed by atoms with Gasteiger partial charge in [-0.15, -0.1) is 0 Å². The highest BCUT2D eigenvalue weighted by Gasteiger charge is 2.33. The molecule has 2 atom stereocenters. The summed E-state index contributed by atoms with van der Waals surface area (Å²) in [5.41, 5.74) is 1.08. The van der Waals surface area contributed by atoms with E-state index in [1.54, 1.807) is 28.4 Å². The van der Waals surface area contributed by atoms with Gasteiger partial charge in [0, 0.05) is 11.6 Å². The summed E-state index contributed by atoms with van der Waals surface area (Å²) < 4.78 is 35.1. The molecule has 9 heteroatoms. The average molecular weight is 641 g/mol. The van der Waals surface area contributed by atoms with E-state index in [4.69, 9.17) is 28.4 Å². The molecule has 0 saturated heterocycles. The predicted molar refractivity (Wildman–Crippen MR) is 182 cm³/mol. The maximum absolute atomic E-state index is 11.8. The number of carbonyl (C=O) groups excluding carboxylic acids is 1. The Kier molecular flexibility index (Phi) is 17.6. The van der Waals surface area contributed by atoms with E-state index in [1.807, 2.05) is 24.3 Å². The molecule has 256 valence electrons. The van der Waals surface area contributed by atoms with Gasteiger partial charge in [0.05, 0.1) is 53.1 Å². The van der Waals surface area contributed by atoms with Crippen LogP contribution in [-0.4, -0.2) is 54.1 Å². The molecule has 0 fully saturated rings. The monoisotopic (exact) mass is 640 g/mol. The number of hydrogen-bond acceptors (Lipinski definition) is 8. The van der Waals surface area contributed by atoms with Crippen LogP contribution in [0.2, 0.25) is 0 Å². The molecule has 0 bridgehead atoms. The molecule has 0 heterocycles. The summed E-state index contributed by atoms with van der Waals surface area (Å²) in [6, 6.07) is 10.1. The molecule has 0 radical (unpaired) electrons. The first-order valence-electron chi connectivity index (χ1n) is 16.8. The zero-order valence-corrected chi connectivity index (χ0v) is 29.2. The summed E-state index contributed by atoms with van der Waals surface area (Å²) in [6.45, 7) is 7.50. The second-order valence-corrected chi connectivity index (χ2v) is 11.6. The molecule has 2 aromatic rings. The quantitative estimate of drug-likeness (QED) is 0.0861. The number of nitrogens with one attached hydrogen (secondary N) is 1. The Labute approximate surface area is 276 Å². The van der Waals surface area contributed by atoms with Crippen LogP contribution < -0.4 is 33.7 Å². The van der Waals surface area contributed by atoms with Crippen LogP contribution in [0.25, 0.3) is 0 Å². The molecule has 1 amide bonds. The molecule has 9 nitrogen and oxygen atoms in total. The zero-order chi connectivity index (χ0) is 33.8. The van der Waals surface area contributed by atoms with Gasteiger partial charge in [0.2, 0.25) is 17.9 Å². The highest BCUT2D eigenvalue weighted by Crippen LogP contribution is 2.47. The first kappa shape index (κ1) is 38.4. The lowest BCUT2D eigenvalue weighted by Crippen LogP contribution is -2.31. The van der Waals surface area contributed by atoms with E-state index in [-0.39, 0.29) is 6.04 Å². The molecule has 2 aromatic carbocycles. The van der Waals surface area contributed by atoms with Gasteiger partial charge in [-0.25, -0.2) is 0 Å². The van der Waals surface area contributed by atoms with Gasteiger partial charge in [0.15, 0.2) is 23.0 Å². The molecular weight excluding hydrogens is 584 g/mol. The lowest BCUT2D eigenvalue weighted by atomic mass is 9.74. The van der Waals surface area contributed by atoms with E-state index < -0.39 is 5.41 Å². The van der Waals surface area contributed by atoms with Crippen molar-refractivity contribution >= 4 is 6.41 Å². The highest BCUT2D eigenvalue weighted by molar-refractivity contribution is 5.63. The Morgan fingerprint density at radius 3 is 2.00 bits per heavy atom. The molecule has 0 unspecified atom stereocenters. The Hall–Kier alpha value is -3.80. The van der Waals surface area contributed by atoms with Crippen molar-refractivity contribution in [2.45, 2.75) is 109 Å². The second-order valence-electron chi connectivity index (χ2n) is 11.6. The number of ether oxygens (including phenoxy) is 6. The van der Waals surface area contributed by atoms with Gasteiger partial charge in [-0.3, -0.25) is 4.79 Å². The third-order valence-electron chi connectivity index (χ3n) is 8.39. The van der Waals surface area contributed by atoms with Gasteiger partial charge in [0.25, 0.3) is 0 Å². The van der Waals surface area contributed by atoms with E-state index in [2.05, 4.69) is 32.2 Å². The van der Waals surface area contributed by atoms with Crippen LogP contribution in [0.15, 0.2) is 24.3 Å². The fourth-order valence-corrected chi connectivity index (χ4v) is 5.91. The van der Waals surface area contributed by atoms with E-state index in [1.165, 1.54) is 0 Å². The maximum Gasteiger partial charge on any atom is 0.207 e. The second kappa shape index (κ2) is 21.1. The van der Waals surface area contributed by atoms with Crippen molar-refractivity contribution in [1.29, 1.82) is 5.26 Å². The van der Waals surface area contributed by atoms with Crippen molar-refractivity contribution in [3.8, 4) is 40.6 Å². The minimum Gasteiger partial charge on any atom is -0.493 e. The number of methoxy groups -OCH3 is 4. The van der Waals surface area contributed by atoms with Crippen molar-refractivity contribution < 1.29 is 33.2 Å². The number of rotatable bonds is 25. The van der Waals surface area contributed by atoms with Crippen LogP contribution >= 0.6 is 0 Å². The van der Waals surface area contributed by atoms with Gasteiger partial charge in [-0.1, -0.05) is 58.9 Å². The Balaban J connectivity index is 2.40. The smallest absolute Gasteiger partial charge is 0.207 e. The number of benzene rings is 2. The van der Waals surface area contributed by atoms with E-state index in [0.717, 1.165) is 62.5 Å². The normalized spacial score (nSPS) is 12.7. The average Bonchev–Trinajstić information content (AvgIpc) is 3.08. The minimum absolute atomic E-state index is 0.204. The summed E-state index contributed by atoms with van der Waals surface area (Å²) in [5, 5.41) is 13.5. The summed E-state index contributed by atoms with van der Waals surface area (Å²) in [5.74, 6) is 3.42. The van der Waals surface area contributed by atoms with Crippen molar-refractivity contribution in [2.24, 2.45) is 0 Å². The van der Waals surface area contributed by atoms with Crippen molar-refractivity contribution in [2.75, 3.05) is 41.7 Å². The number of unbranched alkanes of at least 4 members (excludes halogenated alkanes) is 4. The summed E-state index contributed by atoms with van der Waals surface area (Å²) >= 11 is 0. The number of carbonyl (C=O) groups is 1. The van der Waals surface area contributed by atoms with Crippen LogP contribution in [0, 0.1) is 11.3 Å². The minimum atomic E-state index is -0.698. The first-order chi connectivity index (χ1) is 22.4. The van der Waals surface area contributed by atoms with E-state index in [9.17, 15) is 10.1 Å². The number of amides is 1. The van der Waals surface area contributed by atoms with Gasteiger partial charge in [0.1, 0.15) is 0 Å². The van der Waals surface area contributed by atoms with Gasteiger partial charge in [-0.05, 0) is 68.7 Å². The van der Waals surface area contributed by atoms with E-state index in [0.29, 0.717) is 79.8 Å². The lowest BCUT2D eigenvalue weighted by Gasteiger charge is -2.29. The van der Waals surface area contributed by atoms with Gasteiger partial charge < -0.3 is 33.7 Å². The molecule has 0 saturated carbocycles. The number of hydrogen-bond donors (Lipinski definition) is 1. The van der Waals surface area contributed by atoms with Crippen LogP contribution in [0.3, 0.4) is 0 Å². The van der Waals surface area contributed by atoms with Crippen molar-refractivity contribution in [3.05, 3.63) is 35.4 Å². The third-order valence-corrected chi connectivity index (χ3v) is 8.39. The Morgan fingerprint density at radius 1 is 0.761 bits per heavy atom. The third kappa shape index (κ3) is 10.6. The van der Waals surface area contributed by atoms with Crippen LogP contribution in [-0.2, 0) is 16.6 Å². The first-order valence-corrected chi connectivity index (χ1v) is 16.8. The Bertz CT molecular complexity index is 1230. The summed E-state index contributed by atoms with van der Waals surface area (Å²) in [7, 11) is 6.40. The van der Waals surface area contributed by atoms with Gasteiger partial charge in [-0.2, -0.15) is 5.26 Å². The Morgan fingerprint density at radius 2 is 1.43 bits per heavy atom. The lowest BCUT2D eigenvalue weighted by molar-refractivity contribution is -0.110. The summed E-state index contributed by atoms with van der Waals surface area (Å²) in [6.07, 6.45) is 10.9. The molecule has 0 spiro atoms. The number of nitrogens with zero attached hydrogens (tertiary/aromatic N) is 1. The fourth-order valence-electron chi connectivity index (χ4n) is 5.91. The zero-order valence-electron chi connectivity index (χ0n) is 29.2. The van der Waals surface area contributed by atoms with Crippen LogP contribution in [0.4, 0.5) is 0 Å². The molecule has 1 N–H and O–H groups in total. The van der Waals surface area contributed by atoms with Crippen LogP contribution in [0.1, 0.15) is 103 Å².